The van der Waals surface area contributed by atoms with E-state index in [-0.39, 0.29) is 5.91 Å². The first kappa shape index (κ1) is 19.3. The van der Waals surface area contributed by atoms with Gasteiger partial charge in [0, 0.05) is 28.1 Å². The maximum Gasteiger partial charge on any atom is 0.271 e. The first-order chi connectivity index (χ1) is 14.7. The standard InChI is InChI=1S/C24H21N3O3/c1-29-18-12-17(13-19(14-18)30-2)24(28)27-25-15-21-20-10-6-7-11-22(20)26-23(21)16-8-4-3-5-9-16/h3-15,26H,1-2H3,(H,27,28)/b25-15-. The number of H-pyrrole nitrogens is 1. The van der Waals surface area contributed by atoms with Gasteiger partial charge < -0.3 is 14.5 Å². The summed E-state index contributed by atoms with van der Waals surface area (Å²) in [6.07, 6.45) is 1.66. The number of hydrazone groups is 1. The third kappa shape index (κ3) is 3.89. The van der Waals surface area contributed by atoms with Crippen LogP contribution < -0.4 is 14.9 Å². The van der Waals surface area contributed by atoms with Crippen molar-refractivity contribution in [3.63, 3.8) is 0 Å². The van der Waals surface area contributed by atoms with Gasteiger partial charge in [-0.2, -0.15) is 5.10 Å². The van der Waals surface area contributed by atoms with Gasteiger partial charge in [0.1, 0.15) is 11.5 Å². The third-order valence-corrected chi connectivity index (χ3v) is 4.78. The Hall–Kier alpha value is -4.06. The van der Waals surface area contributed by atoms with Crippen molar-refractivity contribution in [1.29, 1.82) is 0 Å². The Labute approximate surface area is 174 Å². The number of aromatic nitrogens is 1. The Morgan fingerprint density at radius 2 is 1.60 bits per heavy atom. The number of carbonyl (C=O) groups is 1. The van der Waals surface area contributed by atoms with Crippen molar-refractivity contribution in [2.45, 2.75) is 0 Å². The number of amides is 1. The molecule has 150 valence electrons. The topological polar surface area (TPSA) is 75.7 Å². The molecule has 2 N–H and O–H groups in total. The fourth-order valence-electron chi connectivity index (χ4n) is 3.29. The van der Waals surface area contributed by atoms with Crippen molar-refractivity contribution in [1.82, 2.24) is 10.4 Å². The maximum absolute atomic E-state index is 12.6. The zero-order valence-electron chi connectivity index (χ0n) is 16.7. The summed E-state index contributed by atoms with van der Waals surface area (Å²) in [5.41, 5.74) is 6.87. The molecular weight excluding hydrogens is 378 g/mol. The monoisotopic (exact) mass is 399 g/mol. The van der Waals surface area contributed by atoms with Gasteiger partial charge in [-0.1, -0.05) is 48.5 Å². The largest absolute Gasteiger partial charge is 0.497 e. The minimum atomic E-state index is -0.357. The van der Waals surface area contributed by atoms with Gasteiger partial charge in [0.15, 0.2) is 0 Å². The highest BCUT2D eigenvalue weighted by molar-refractivity contribution is 6.06. The van der Waals surface area contributed by atoms with Crippen LogP contribution in [0.1, 0.15) is 15.9 Å². The molecule has 0 saturated carbocycles. The Morgan fingerprint density at radius 3 is 2.30 bits per heavy atom. The first-order valence-corrected chi connectivity index (χ1v) is 9.42. The van der Waals surface area contributed by atoms with Crippen molar-refractivity contribution in [3.8, 4) is 22.8 Å². The highest BCUT2D eigenvalue weighted by Gasteiger charge is 2.12. The van der Waals surface area contributed by atoms with Gasteiger partial charge in [-0.15, -0.1) is 0 Å². The molecule has 0 radical (unpaired) electrons. The molecule has 1 heterocycles. The average molecular weight is 399 g/mol. The van der Waals surface area contributed by atoms with E-state index < -0.39 is 0 Å². The number of hydrogen-bond acceptors (Lipinski definition) is 4. The summed E-state index contributed by atoms with van der Waals surface area (Å²) in [4.78, 5) is 16.0. The molecule has 1 amide bonds. The van der Waals surface area contributed by atoms with Gasteiger partial charge in [0.05, 0.1) is 26.1 Å². The number of para-hydroxylation sites is 1. The van der Waals surface area contributed by atoms with E-state index in [1.165, 1.54) is 14.2 Å². The molecule has 0 aliphatic rings. The fourth-order valence-corrected chi connectivity index (χ4v) is 3.29. The Morgan fingerprint density at radius 1 is 0.933 bits per heavy atom. The number of nitrogens with one attached hydrogen (secondary N) is 2. The van der Waals surface area contributed by atoms with Crippen LogP contribution in [-0.4, -0.2) is 31.3 Å². The molecule has 0 aliphatic carbocycles. The number of hydrogen-bond donors (Lipinski definition) is 2. The lowest BCUT2D eigenvalue weighted by Gasteiger charge is -2.07. The lowest BCUT2D eigenvalue weighted by molar-refractivity contribution is 0.0954. The van der Waals surface area contributed by atoms with Crippen LogP contribution in [0.5, 0.6) is 11.5 Å². The van der Waals surface area contributed by atoms with Gasteiger partial charge in [0.2, 0.25) is 0 Å². The van der Waals surface area contributed by atoms with E-state index in [4.69, 9.17) is 9.47 Å². The third-order valence-electron chi connectivity index (χ3n) is 4.78. The molecular formula is C24H21N3O3. The van der Waals surface area contributed by atoms with E-state index in [1.807, 2.05) is 54.6 Å². The Kier molecular flexibility index (Phi) is 5.48. The van der Waals surface area contributed by atoms with Crippen molar-refractivity contribution in [2.24, 2.45) is 5.10 Å². The van der Waals surface area contributed by atoms with E-state index in [0.29, 0.717) is 17.1 Å². The molecule has 4 aromatic rings. The summed E-state index contributed by atoms with van der Waals surface area (Å²) >= 11 is 0. The zero-order valence-corrected chi connectivity index (χ0v) is 16.7. The highest BCUT2D eigenvalue weighted by Crippen LogP contribution is 2.29. The van der Waals surface area contributed by atoms with E-state index in [1.54, 1.807) is 24.4 Å². The second-order valence-corrected chi connectivity index (χ2v) is 6.63. The summed E-state index contributed by atoms with van der Waals surface area (Å²) in [5.74, 6) is 0.711. The van der Waals surface area contributed by atoms with Crippen LogP contribution in [0.2, 0.25) is 0 Å². The molecule has 0 spiro atoms. The summed E-state index contributed by atoms with van der Waals surface area (Å²) in [7, 11) is 3.08. The summed E-state index contributed by atoms with van der Waals surface area (Å²) < 4.78 is 10.4. The van der Waals surface area contributed by atoms with Crippen LogP contribution in [0.3, 0.4) is 0 Å². The normalized spacial score (nSPS) is 11.0. The molecule has 4 rings (SSSR count). The number of carbonyl (C=O) groups excluding carboxylic acids is 1. The second kappa shape index (κ2) is 8.53. The molecule has 0 unspecified atom stereocenters. The molecule has 0 fully saturated rings. The minimum absolute atomic E-state index is 0.357. The number of aromatic amines is 1. The van der Waals surface area contributed by atoms with Gasteiger partial charge in [-0.25, -0.2) is 5.43 Å². The predicted molar refractivity (Wildman–Crippen MR) is 118 cm³/mol. The number of nitrogens with zero attached hydrogens (tertiary/aromatic N) is 1. The molecule has 0 bridgehead atoms. The lowest BCUT2D eigenvalue weighted by Crippen LogP contribution is -2.17. The second-order valence-electron chi connectivity index (χ2n) is 6.63. The number of rotatable bonds is 6. The summed E-state index contributed by atoms with van der Waals surface area (Å²) in [6, 6.07) is 23.0. The van der Waals surface area contributed by atoms with Crippen LogP contribution in [0, 0.1) is 0 Å². The van der Waals surface area contributed by atoms with Gasteiger partial charge in [-0.3, -0.25) is 4.79 Å². The minimum Gasteiger partial charge on any atom is -0.497 e. The lowest BCUT2D eigenvalue weighted by atomic mass is 10.1. The number of ether oxygens (including phenoxy) is 2. The van der Waals surface area contributed by atoms with Gasteiger partial charge in [0.25, 0.3) is 5.91 Å². The van der Waals surface area contributed by atoms with Crippen molar-refractivity contribution >= 4 is 23.0 Å². The van der Waals surface area contributed by atoms with Crippen LogP contribution in [-0.2, 0) is 0 Å². The first-order valence-electron chi connectivity index (χ1n) is 9.42. The van der Waals surface area contributed by atoms with Gasteiger partial charge in [-0.05, 0) is 23.8 Å². The van der Waals surface area contributed by atoms with E-state index in [0.717, 1.165) is 27.7 Å². The van der Waals surface area contributed by atoms with Crippen molar-refractivity contribution in [2.75, 3.05) is 14.2 Å². The van der Waals surface area contributed by atoms with Gasteiger partial charge >= 0.3 is 0 Å². The zero-order chi connectivity index (χ0) is 20.9. The van der Waals surface area contributed by atoms with Crippen molar-refractivity contribution in [3.05, 3.63) is 83.9 Å². The molecule has 30 heavy (non-hydrogen) atoms. The Bertz CT molecular complexity index is 1190. The molecule has 6 nitrogen and oxygen atoms in total. The highest BCUT2D eigenvalue weighted by atomic mass is 16.5. The molecule has 1 aromatic heterocycles. The number of methoxy groups -OCH3 is 2. The average Bonchev–Trinajstić information content (AvgIpc) is 3.17. The maximum atomic E-state index is 12.6. The van der Waals surface area contributed by atoms with Crippen molar-refractivity contribution < 1.29 is 14.3 Å². The van der Waals surface area contributed by atoms with Crippen LogP contribution in [0.4, 0.5) is 0 Å². The van der Waals surface area contributed by atoms with E-state index in [9.17, 15) is 4.79 Å². The van der Waals surface area contributed by atoms with E-state index in [2.05, 4.69) is 15.5 Å². The molecule has 3 aromatic carbocycles. The Balaban J connectivity index is 1.64. The summed E-state index contributed by atoms with van der Waals surface area (Å²) in [5, 5.41) is 5.24. The number of fused-ring (bicyclic) bond motifs is 1. The predicted octanol–water partition coefficient (Wildman–Crippen LogP) is 4.62. The molecule has 0 aliphatic heterocycles. The SMILES string of the molecule is COc1cc(OC)cc(C(=O)N/N=C\c2c(-c3ccccc3)[nH]c3ccccc23)c1. The van der Waals surface area contributed by atoms with E-state index >= 15 is 0 Å². The summed E-state index contributed by atoms with van der Waals surface area (Å²) in [6.45, 7) is 0. The van der Waals surface area contributed by atoms with Crippen LogP contribution in [0.15, 0.2) is 77.9 Å². The molecule has 0 saturated heterocycles. The van der Waals surface area contributed by atoms with Crippen LogP contribution >= 0.6 is 0 Å². The quantitative estimate of drug-likeness (QED) is 0.367. The van der Waals surface area contributed by atoms with Crippen LogP contribution in [0.25, 0.3) is 22.2 Å². The molecule has 0 atom stereocenters. The smallest absolute Gasteiger partial charge is 0.271 e. The fraction of sp³-hybridized carbons (Fsp3) is 0.0833. The molecule has 6 heteroatoms. The number of benzene rings is 3.